The Morgan fingerprint density at radius 1 is 1.06 bits per heavy atom. The molecule has 0 aromatic rings. The van der Waals surface area contributed by atoms with Gasteiger partial charge in [0.25, 0.3) is 0 Å². The van der Waals surface area contributed by atoms with Gasteiger partial charge in [-0.1, -0.05) is 40.5 Å². The van der Waals surface area contributed by atoms with E-state index in [0.29, 0.717) is 11.8 Å². The second-order valence-electron chi connectivity index (χ2n) is 4.22. The standard InChI is InChI=1S/C10H17NO.2C2H6.HI/c1-7(12)10-6-8-4-2-3-5-9(8)11-10;2*1-2;/h8-11H,2-6H2,1H3;2*1-2H3;1H/t8?,9?,10-;;;/m0.../s1. The summed E-state index contributed by atoms with van der Waals surface area (Å²) in [5.41, 5.74) is 0. The van der Waals surface area contributed by atoms with Crippen molar-refractivity contribution >= 4 is 29.8 Å². The minimum atomic E-state index is 0. The average molecular weight is 355 g/mol. The molecule has 0 radical (unpaired) electrons. The second kappa shape index (κ2) is 11.5. The Morgan fingerprint density at radius 2 is 1.59 bits per heavy atom. The fraction of sp³-hybridized carbons (Fsp3) is 0.929. The van der Waals surface area contributed by atoms with Crippen molar-refractivity contribution in [3.05, 3.63) is 0 Å². The maximum Gasteiger partial charge on any atom is 0.146 e. The number of carbonyl (C=O) groups excluding carboxylic acids is 1. The molecule has 1 saturated carbocycles. The van der Waals surface area contributed by atoms with Crippen LogP contribution in [0.5, 0.6) is 0 Å². The highest BCUT2D eigenvalue weighted by atomic mass is 127. The van der Waals surface area contributed by atoms with E-state index in [4.69, 9.17) is 0 Å². The predicted octanol–water partition coefficient (Wildman–Crippen LogP) is 4.17. The van der Waals surface area contributed by atoms with Crippen LogP contribution in [-0.4, -0.2) is 17.9 Å². The molecule has 0 aromatic heterocycles. The number of fused-ring (bicyclic) bond motifs is 1. The number of hydrogen-bond donors (Lipinski definition) is 1. The quantitative estimate of drug-likeness (QED) is 0.716. The average Bonchev–Trinajstić information content (AvgIpc) is 2.78. The Morgan fingerprint density at radius 3 is 2.06 bits per heavy atom. The molecule has 0 bridgehead atoms. The summed E-state index contributed by atoms with van der Waals surface area (Å²) in [7, 11) is 0. The largest absolute Gasteiger partial charge is 0.304 e. The molecule has 1 aliphatic heterocycles. The first-order chi connectivity index (χ1) is 7.77. The zero-order chi connectivity index (χ0) is 12.6. The molecule has 2 nitrogen and oxygen atoms in total. The third kappa shape index (κ3) is 6.18. The normalized spacial score (nSPS) is 29.6. The van der Waals surface area contributed by atoms with E-state index in [1.807, 2.05) is 27.7 Å². The van der Waals surface area contributed by atoms with Gasteiger partial charge >= 0.3 is 0 Å². The lowest BCUT2D eigenvalue weighted by atomic mass is 9.85. The lowest BCUT2D eigenvalue weighted by molar-refractivity contribution is -0.118. The number of hydrogen-bond acceptors (Lipinski definition) is 2. The molecule has 104 valence electrons. The Hall–Kier alpha value is 0.360. The fourth-order valence-electron chi connectivity index (χ4n) is 2.62. The molecular formula is C14H30INO. The van der Waals surface area contributed by atoms with Crippen LogP contribution in [0.2, 0.25) is 0 Å². The lowest BCUT2D eigenvalue weighted by Gasteiger charge is -2.24. The molecule has 3 heteroatoms. The van der Waals surface area contributed by atoms with E-state index in [2.05, 4.69) is 5.32 Å². The van der Waals surface area contributed by atoms with E-state index < -0.39 is 0 Å². The van der Waals surface area contributed by atoms with Crippen molar-refractivity contribution in [1.29, 1.82) is 0 Å². The van der Waals surface area contributed by atoms with Crippen LogP contribution in [0.1, 0.15) is 66.7 Å². The third-order valence-electron chi connectivity index (χ3n) is 3.35. The van der Waals surface area contributed by atoms with E-state index in [0.717, 1.165) is 12.3 Å². The van der Waals surface area contributed by atoms with Crippen molar-refractivity contribution < 1.29 is 4.79 Å². The highest BCUT2D eigenvalue weighted by Gasteiger charge is 2.36. The third-order valence-corrected chi connectivity index (χ3v) is 3.35. The van der Waals surface area contributed by atoms with Crippen molar-refractivity contribution in [1.82, 2.24) is 5.32 Å². The van der Waals surface area contributed by atoms with E-state index in [1.165, 1.54) is 25.7 Å². The minimum absolute atomic E-state index is 0. The van der Waals surface area contributed by atoms with Gasteiger partial charge in [-0.2, -0.15) is 0 Å². The highest BCUT2D eigenvalue weighted by molar-refractivity contribution is 14.0. The summed E-state index contributed by atoms with van der Waals surface area (Å²) in [6.45, 7) is 9.70. The summed E-state index contributed by atoms with van der Waals surface area (Å²) in [5.74, 6) is 1.12. The number of carbonyl (C=O) groups is 1. The van der Waals surface area contributed by atoms with Gasteiger partial charge in [-0.25, -0.2) is 0 Å². The maximum absolute atomic E-state index is 11.1. The van der Waals surface area contributed by atoms with E-state index >= 15 is 0 Å². The molecule has 2 fully saturated rings. The zero-order valence-corrected chi connectivity index (χ0v) is 14.4. The summed E-state index contributed by atoms with van der Waals surface area (Å²) in [6, 6.07) is 0.839. The molecule has 2 aliphatic rings. The van der Waals surface area contributed by atoms with Crippen LogP contribution in [0.3, 0.4) is 0 Å². The smallest absolute Gasteiger partial charge is 0.146 e. The Bertz CT molecular complexity index is 183. The van der Waals surface area contributed by atoms with Gasteiger partial charge in [0.1, 0.15) is 5.78 Å². The summed E-state index contributed by atoms with van der Waals surface area (Å²) < 4.78 is 0. The monoisotopic (exact) mass is 355 g/mol. The highest BCUT2D eigenvalue weighted by Crippen LogP contribution is 2.33. The van der Waals surface area contributed by atoms with E-state index in [-0.39, 0.29) is 30.0 Å². The van der Waals surface area contributed by atoms with Crippen LogP contribution in [-0.2, 0) is 4.79 Å². The first kappa shape index (κ1) is 19.7. The molecule has 17 heavy (non-hydrogen) atoms. The summed E-state index contributed by atoms with van der Waals surface area (Å²) in [6.07, 6.45) is 6.43. The predicted molar refractivity (Wildman–Crippen MR) is 86.1 cm³/mol. The summed E-state index contributed by atoms with van der Waals surface area (Å²) >= 11 is 0. The molecule has 1 aliphatic carbocycles. The minimum Gasteiger partial charge on any atom is -0.304 e. The van der Waals surface area contributed by atoms with Crippen molar-refractivity contribution in [2.75, 3.05) is 0 Å². The van der Waals surface area contributed by atoms with Gasteiger partial charge in [0.05, 0.1) is 6.04 Å². The molecule has 1 heterocycles. The Balaban J connectivity index is 0. The molecule has 0 spiro atoms. The van der Waals surface area contributed by atoms with Crippen molar-refractivity contribution in [3.8, 4) is 0 Å². The SMILES string of the molecule is CC.CC.CC(=O)[C@@H]1CC2CCCCC2N1.I. The van der Waals surface area contributed by atoms with E-state index in [1.54, 1.807) is 6.92 Å². The molecule has 2 unspecified atom stereocenters. The first-order valence-corrected chi connectivity index (χ1v) is 7.04. The summed E-state index contributed by atoms with van der Waals surface area (Å²) in [5, 5.41) is 3.44. The number of halogens is 1. The molecule has 1 N–H and O–H groups in total. The lowest BCUT2D eigenvalue weighted by Crippen LogP contribution is -2.36. The van der Waals surface area contributed by atoms with Crippen LogP contribution in [0.4, 0.5) is 0 Å². The molecule has 1 saturated heterocycles. The van der Waals surface area contributed by atoms with Gasteiger partial charge < -0.3 is 5.32 Å². The molecular weight excluding hydrogens is 325 g/mol. The van der Waals surface area contributed by atoms with E-state index in [9.17, 15) is 4.79 Å². The fourth-order valence-corrected chi connectivity index (χ4v) is 2.62. The number of rotatable bonds is 1. The molecule has 0 aromatic carbocycles. The van der Waals surface area contributed by atoms with Crippen LogP contribution in [0.15, 0.2) is 0 Å². The van der Waals surface area contributed by atoms with Crippen LogP contribution < -0.4 is 5.32 Å². The molecule has 0 amide bonds. The topological polar surface area (TPSA) is 29.1 Å². The zero-order valence-electron chi connectivity index (χ0n) is 12.1. The molecule has 3 atom stereocenters. The molecule has 2 rings (SSSR count). The van der Waals surface area contributed by atoms with Crippen molar-refractivity contribution in [3.63, 3.8) is 0 Å². The Labute approximate surface area is 124 Å². The second-order valence-corrected chi connectivity index (χ2v) is 4.22. The first-order valence-electron chi connectivity index (χ1n) is 7.04. The van der Waals surface area contributed by atoms with Crippen LogP contribution in [0.25, 0.3) is 0 Å². The summed E-state index contributed by atoms with van der Waals surface area (Å²) in [4.78, 5) is 11.1. The van der Waals surface area contributed by atoms with Gasteiger partial charge in [-0.15, -0.1) is 24.0 Å². The van der Waals surface area contributed by atoms with Gasteiger partial charge in [0.2, 0.25) is 0 Å². The number of nitrogens with one attached hydrogen (secondary N) is 1. The van der Waals surface area contributed by atoms with Gasteiger partial charge in [-0.3, -0.25) is 4.79 Å². The van der Waals surface area contributed by atoms with Crippen molar-refractivity contribution in [2.24, 2.45) is 5.92 Å². The van der Waals surface area contributed by atoms with Crippen molar-refractivity contribution in [2.45, 2.75) is 78.8 Å². The van der Waals surface area contributed by atoms with Gasteiger partial charge in [-0.05, 0) is 32.1 Å². The van der Waals surface area contributed by atoms with Crippen LogP contribution >= 0.6 is 24.0 Å². The van der Waals surface area contributed by atoms with Gasteiger partial charge in [0.15, 0.2) is 0 Å². The van der Waals surface area contributed by atoms with Gasteiger partial charge in [0, 0.05) is 6.04 Å². The number of ketones is 1. The van der Waals surface area contributed by atoms with Crippen LogP contribution in [0, 0.1) is 5.92 Å². The Kier molecular flexibility index (Phi) is 13.3. The maximum atomic E-state index is 11.1. The number of Topliss-reactive ketones (excluding diaryl/α,β-unsaturated/α-hetero) is 1.